The molecule has 3 rings (SSSR count). The monoisotopic (exact) mass is 374 g/mol. The second-order valence-corrected chi connectivity index (χ2v) is 6.27. The maximum Gasteiger partial charge on any atom is 0.214 e. The van der Waals surface area contributed by atoms with Crippen molar-refractivity contribution >= 4 is 29.6 Å². The second kappa shape index (κ2) is 7.08. The molecule has 0 spiro atoms. The van der Waals surface area contributed by atoms with Gasteiger partial charge in [-0.05, 0) is 43.4 Å². The minimum absolute atomic E-state index is 0.0720. The van der Waals surface area contributed by atoms with Crippen molar-refractivity contribution in [2.24, 2.45) is 0 Å². The number of ketones is 1. The second-order valence-electron chi connectivity index (χ2n) is 5.44. The highest BCUT2D eigenvalue weighted by Gasteiger charge is 2.16. The van der Waals surface area contributed by atoms with Gasteiger partial charge in [-0.1, -0.05) is 35.4 Å². The highest BCUT2D eigenvalue weighted by molar-refractivity contribution is 7.71. The standard InChI is InChI=1S/C17H15ClN4O2S/c1-10-5-6-14(24-9-15-20-21-17(25)22(15)19)13(7-10)16(23)11-3-2-4-12(18)8-11/h2-8H,9,19H2,1H3,(H,21,25). The highest BCUT2D eigenvalue weighted by Crippen LogP contribution is 2.25. The average Bonchev–Trinajstić information content (AvgIpc) is 2.92. The van der Waals surface area contributed by atoms with Gasteiger partial charge in [0.1, 0.15) is 12.4 Å². The number of aryl methyl sites for hydroxylation is 1. The van der Waals surface area contributed by atoms with E-state index in [0.717, 1.165) is 5.56 Å². The molecular formula is C17H15ClN4O2S. The molecule has 0 aliphatic carbocycles. The smallest absolute Gasteiger partial charge is 0.214 e. The zero-order valence-corrected chi connectivity index (χ0v) is 14.9. The number of aromatic amines is 1. The summed E-state index contributed by atoms with van der Waals surface area (Å²) in [4.78, 5) is 12.8. The topological polar surface area (TPSA) is 85.9 Å². The third-order valence-corrected chi connectivity index (χ3v) is 4.12. The molecule has 1 aromatic heterocycles. The molecule has 0 fully saturated rings. The molecule has 1 heterocycles. The normalized spacial score (nSPS) is 10.6. The third-order valence-electron chi connectivity index (χ3n) is 3.60. The minimum Gasteiger partial charge on any atom is -0.485 e. The van der Waals surface area contributed by atoms with Gasteiger partial charge in [0.15, 0.2) is 11.6 Å². The lowest BCUT2D eigenvalue weighted by atomic mass is 10.0. The molecule has 6 nitrogen and oxygen atoms in total. The first-order valence-electron chi connectivity index (χ1n) is 7.41. The van der Waals surface area contributed by atoms with Crippen LogP contribution in [0.5, 0.6) is 5.75 Å². The molecule has 0 amide bonds. The number of nitrogens with zero attached hydrogens (tertiary/aromatic N) is 2. The van der Waals surface area contributed by atoms with Crippen LogP contribution in [0, 0.1) is 11.7 Å². The Kier molecular flexibility index (Phi) is 4.87. The van der Waals surface area contributed by atoms with Crippen LogP contribution in [0.15, 0.2) is 42.5 Å². The Balaban J connectivity index is 1.91. The first-order valence-corrected chi connectivity index (χ1v) is 8.19. The van der Waals surface area contributed by atoms with Crippen molar-refractivity contribution in [1.82, 2.24) is 14.9 Å². The first kappa shape index (κ1) is 17.2. The molecule has 25 heavy (non-hydrogen) atoms. The van der Waals surface area contributed by atoms with Crippen LogP contribution in [0.4, 0.5) is 0 Å². The minimum atomic E-state index is -0.173. The lowest BCUT2D eigenvalue weighted by molar-refractivity contribution is 0.103. The van der Waals surface area contributed by atoms with Crippen molar-refractivity contribution in [1.29, 1.82) is 0 Å². The van der Waals surface area contributed by atoms with Crippen LogP contribution < -0.4 is 10.6 Å². The molecule has 0 bridgehead atoms. The van der Waals surface area contributed by atoms with Crippen LogP contribution in [0.1, 0.15) is 27.3 Å². The van der Waals surface area contributed by atoms with Gasteiger partial charge in [0.2, 0.25) is 4.77 Å². The molecule has 3 N–H and O–H groups in total. The summed E-state index contributed by atoms with van der Waals surface area (Å²) in [5.41, 5.74) is 1.88. The van der Waals surface area contributed by atoms with E-state index in [-0.39, 0.29) is 17.2 Å². The molecule has 0 aliphatic rings. The zero-order chi connectivity index (χ0) is 18.0. The lowest BCUT2D eigenvalue weighted by Crippen LogP contribution is -2.15. The Labute approximate surface area is 154 Å². The maximum absolute atomic E-state index is 12.8. The summed E-state index contributed by atoms with van der Waals surface area (Å²) in [7, 11) is 0. The fraction of sp³-hybridized carbons (Fsp3) is 0.118. The Morgan fingerprint density at radius 1 is 1.36 bits per heavy atom. The summed E-state index contributed by atoms with van der Waals surface area (Å²) in [6.07, 6.45) is 0. The van der Waals surface area contributed by atoms with Crippen LogP contribution in [-0.2, 0) is 6.61 Å². The molecule has 8 heteroatoms. The highest BCUT2D eigenvalue weighted by atomic mass is 35.5. The summed E-state index contributed by atoms with van der Waals surface area (Å²) in [5, 5.41) is 7.07. The summed E-state index contributed by atoms with van der Waals surface area (Å²) in [6.45, 7) is 1.98. The van der Waals surface area contributed by atoms with Gasteiger partial charge in [-0.15, -0.1) is 0 Å². The Morgan fingerprint density at radius 2 is 2.16 bits per heavy atom. The van der Waals surface area contributed by atoms with Gasteiger partial charge < -0.3 is 10.6 Å². The van der Waals surface area contributed by atoms with Gasteiger partial charge in [0, 0.05) is 10.6 Å². The molecule has 128 valence electrons. The van der Waals surface area contributed by atoms with Crippen LogP contribution >= 0.6 is 23.8 Å². The van der Waals surface area contributed by atoms with Crippen LogP contribution in [0.25, 0.3) is 0 Å². The largest absolute Gasteiger partial charge is 0.485 e. The Hall–Kier alpha value is -2.64. The van der Waals surface area contributed by atoms with E-state index in [1.165, 1.54) is 4.68 Å². The zero-order valence-electron chi connectivity index (χ0n) is 13.3. The number of hydrogen-bond acceptors (Lipinski definition) is 5. The van der Waals surface area contributed by atoms with Crippen molar-refractivity contribution in [3.8, 4) is 5.75 Å². The summed E-state index contributed by atoms with van der Waals surface area (Å²) in [5.74, 6) is 6.44. The summed E-state index contributed by atoms with van der Waals surface area (Å²) in [6, 6.07) is 12.2. The van der Waals surface area contributed by atoms with E-state index in [9.17, 15) is 4.79 Å². The van der Waals surface area contributed by atoms with Crippen LogP contribution in [-0.4, -0.2) is 20.7 Å². The molecule has 0 unspecified atom stereocenters. The van der Waals surface area contributed by atoms with Gasteiger partial charge in [-0.3, -0.25) is 9.89 Å². The number of halogens is 1. The van der Waals surface area contributed by atoms with E-state index in [1.807, 2.05) is 13.0 Å². The summed E-state index contributed by atoms with van der Waals surface area (Å²) < 4.78 is 7.28. The van der Waals surface area contributed by atoms with Crippen molar-refractivity contribution in [3.05, 3.63) is 74.8 Å². The molecular weight excluding hydrogens is 360 g/mol. The quantitative estimate of drug-likeness (QED) is 0.406. The molecule has 0 radical (unpaired) electrons. The molecule has 0 saturated carbocycles. The average molecular weight is 375 g/mol. The predicted octanol–water partition coefficient (Wildman–Crippen LogP) is 3.43. The Morgan fingerprint density at radius 3 is 2.84 bits per heavy atom. The number of carbonyl (C=O) groups excluding carboxylic acids is 1. The predicted molar refractivity (Wildman–Crippen MR) is 98.0 cm³/mol. The van der Waals surface area contributed by atoms with Crippen LogP contribution in [0.2, 0.25) is 5.02 Å². The lowest BCUT2D eigenvalue weighted by Gasteiger charge is -2.11. The van der Waals surface area contributed by atoms with Crippen molar-refractivity contribution < 1.29 is 9.53 Å². The number of nitrogen functional groups attached to an aromatic ring is 1. The van der Waals surface area contributed by atoms with Crippen molar-refractivity contribution in [2.45, 2.75) is 13.5 Å². The number of nitrogens with two attached hydrogens (primary N) is 1. The molecule has 0 saturated heterocycles. The van der Waals surface area contributed by atoms with E-state index >= 15 is 0 Å². The number of rotatable bonds is 5. The van der Waals surface area contributed by atoms with Gasteiger partial charge >= 0.3 is 0 Å². The van der Waals surface area contributed by atoms with Crippen molar-refractivity contribution in [2.75, 3.05) is 5.84 Å². The van der Waals surface area contributed by atoms with Gasteiger partial charge in [0.25, 0.3) is 0 Å². The Bertz CT molecular complexity index is 996. The molecule has 3 aromatic rings. The number of H-pyrrole nitrogens is 1. The summed E-state index contributed by atoms with van der Waals surface area (Å²) >= 11 is 10.9. The van der Waals surface area contributed by atoms with E-state index < -0.39 is 0 Å². The first-order chi connectivity index (χ1) is 12.0. The number of ether oxygens (including phenoxy) is 1. The maximum atomic E-state index is 12.8. The number of nitrogens with one attached hydrogen (secondary N) is 1. The van der Waals surface area contributed by atoms with Crippen molar-refractivity contribution in [3.63, 3.8) is 0 Å². The molecule has 0 atom stereocenters. The van der Waals surface area contributed by atoms with E-state index in [0.29, 0.717) is 27.7 Å². The fourth-order valence-electron chi connectivity index (χ4n) is 2.31. The number of benzene rings is 2. The SMILES string of the molecule is Cc1ccc(OCc2n[nH]c(=S)n2N)c(C(=O)c2cccc(Cl)c2)c1. The third kappa shape index (κ3) is 3.72. The van der Waals surface area contributed by atoms with E-state index in [1.54, 1.807) is 36.4 Å². The number of aromatic nitrogens is 3. The van der Waals surface area contributed by atoms with Gasteiger partial charge in [0.05, 0.1) is 5.56 Å². The number of carbonyl (C=O) groups is 1. The molecule has 0 aliphatic heterocycles. The van der Waals surface area contributed by atoms with Gasteiger partial charge in [-0.2, -0.15) is 5.10 Å². The van der Waals surface area contributed by atoms with E-state index in [4.69, 9.17) is 34.4 Å². The van der Waals surface area contributed by atoms with E-state index in [2.05, 4.69) is 10.2 Å². The number of hydrogen-bond donors (Lipinski definition) is 2. The molecule has 2 aromatic carbocycles. The fourth-order valence-corrected chi connectivity index (χ4v) is 2.66. The van der Waals surface area contributed by atoms with Gasteiger partial charge in [-0.25, -0.2) is 4.68 Å². The van der Waals surface area contributed by atoms with Crippen LogP contribution in [0.3, 0.4) is 0 Å².